The summed E-state index contributed by atoms with van der Waals surface area (Å²) >= 11 is 0. The Kier molecular flexibility index (Phi) is 3.28. The molecule has 0 bridgehead atoms. The molecule has 1 unspecified atom stereocenters. The summed E-state index contributed by atoms with van der Waals surface area (Å²) in [6.45, 7) is 5.27. The number of hydrogen-bond donors (Lipinski definition) is 0. The predicted molar refractivity (Wildman–Crippen MR) is 76.3 cm³/mol. The molecule has 2 rings (SSSR count). The van der Waals surface area contributed by atoms with Gasteiger partial charge in [-0.2, -0.15) is 0 Å². The minimum Gasteiger partial charge on any atom is -0.468 e. The van der Waals surface area contributed by atoms with Crippen LogP contribution in [0.2, 0.25) is 0 Å². The van der Waals surface area contributed by atoms with Crippen molar-refractivity contribution in [1.82, 2.24) is 4.90 Å². The predicted octanol–water partition coefficient (Wildman–Crippen LogP) is 1.82. The van der Waals surface area contributed by atoms with E-state index in [4.69, 9.17) is 4.74 Å². The smallest absolute Gasteiger partial charge is 0.316 e. The highest BCUT2D eigenvalue weighted by Crippen LogP contribution is 2.48. The van der Waals surface area contributed by atoms with Gasteiger partial charge in [-0.25, -0.2) is 8.42 Å². The van der Waals surface area contributed by atoms with E-state index in [1.807, 2.05) is 6.92 Å². The number of nitrogens with zero attached hydrogens (tertiary/aromatic N) is 1. The third-order valence-corrected chi connectivity index (χ3v) is 7.24. The number of rotatable bonds is 2. The first-order valence-corrected chi connectivity index (χ1v) is 8.11. The first-order valence-electron chi connectivity index (χ1n) is 6.63. The number of methoxy groups -OCH3 is 1. The number of carbonyl (C=O) groups is 1. The van der Waals surface area contributed by atoms with E-state index in [9.17, 15) is 13.2 Å². The summed E-state index contributed by atoms with van der Waals surface area (Å²) in [5.74, 6) is -0.321. The van der Waals surface area contributed by atoms with Gasteiger partial charge in [0.25, 0.3) is 0 Å². The Balaban J connectivity index is 2.53. The standard InChI is InChI=1S/C14H21NO4S/c1-6-14(12(16)19-5)8-7-11-10(9-14)15(4)13(2,3)20(11,17)18/h7-8H,6,9H2,1-5H3. The van der Waals surface area contributed by atoms with Gasteiger partial charge in [0.15, 0.2) is 0 Å². The summed E-state index contributed by atoms with van der Waals surface area (Å²) in [6.07, 6.45) is 4.19. The van der Waals surface area contributed by atoms with E-state index in [1.165, 1.54) is 7.11 Å². The van der Waals surface area contributed by atoms with Crippen LogP contribution in [0.5, 0.6) is 0 Å². The second kappa shape index (κ2) is 4.35. The fourth-order valence-electron chi connectivity index (χ4n) is 2.81. The van der Waals surface area contributed by atoms with E-state index in [1.54, 1.807) is 37.9 Å². The molecular formula is C14H21NO4S. The SMILES string of the molecule is CCC1(C(=O)OC)C=CC2=C(C1)N(C)C(C)(C)S2(=O)=O. The molecule has 0 N–H and O–H groups in total. The molecule has 0 aromatic heterocycles. The quantitative estimate of drug-likeness (QED) is 0.728. The minimum absolute atomic E-state index is 0.321. The number of carbonyl (C=O) groups excluding carboxylic acids is 1. The molecule has 1 aliphatic carbocycles. The molecule has 0 saturated carbocycles. The van der Waals surface area contributed by atoms with Crippen molar-refractivity contribution in [2.45, 2.75) is 38.5 Å². The topological polar surface area (TPSA) is 63.7 Å². The van der Waals surface area contributed by atoms with Crippen LogP contribution in [0.3, 0.4) is 0 Å². The lowest BCUT2D eigenvalue weighted by Crippen LogP contribution is -2.42. The molecule has 1 atom stereocenters. The molecule has 0 amide bonds. The molecule has 0 aromatic carbocycles. The van der Waals surface area contributed by atoms with Gasteiger partial charge in [0.1, 0.15) is 4.87 Å². The number of sulfone groups is 1. The normalized spacial score (nSPS) is 30.4. The Labute approximate surface area is 120 Å². The zero-order chi connectivity index (χ0) is 15.3. The Hall–Kier alpha value is -1.30. The zero-order valence-electron chi connectivity index (χ0n) is 12.6. The molecule has 112 valence electrons. The summed E-state index contributed by atoms with van der Waals surface area (Å²) in [4.78, 5) is 13.2. The van der Waals surface area contributed by atoms with E-state index in [2.05, 4.69) is 0 Å². The number of hydrogen-bond acceptors (Lipinski definition) is 5. The second-order valence-electron chi connectivity index (χ2n) is 5.83. The number of ether oxygens (including phenoxy) is 1. The lowest BCUT2D eigenvalue weighted by atomic mass is 9.77. The fraction of sp³-hybridized carbons (Fsp3) is 0.643. The van der Waals surface area contributed by atoms with Crippen LogP contribution in [0.1, 0.15) is 33.6 Å². The van der Waals surface area contributed by atoms with Crippen LogP contribution >= 0.6 is 0 Å². The maximum absolute atomic E-state index is 12.5. The maximum atomic E-state index is 12.5. The second-order valence-corrected chi connectivity index (χ2v) is 8.28. The Morgan fingerprint density at radius 2 is 2.05 bits per heavy atom. The van der Waals surface area contributed by atoms with Crippen molar-refractivity contribution in [2.75, 3.05) is 14.2 Å². The number of allylic oxidation sites excluding steroid dienone is 2. The molecule has 2 aliphatic rings. The Bertz CT molecular complexity index is 615. The highest BCUT2D eigenvalue weighted by atomic mass is 32.2. The Morgan fingerprint density at radius 1 is 1.45 bits per heavy atom. The van der Waals surface area contributed by atoms with Gasteiger partial charge in [-0.05, 0) is 26.3 Å². The lowest BCUT2D eigenvalue weighted by Gasteiger charge is -2.34. The van der Waals surface area contributed by atoms with Gasteiger partial charge in [0.2, 0.25) is 9.84 Å². The molecule has 1 heterocycles. The van der Waals surface area contributed by atoms with Crippen molar-refractivity contribution in [3.8, 4) is 0 Å². The van der Waals surface area contributed by atoms with Gasteiger partial charge >= 0.3 is 5.97 Å². The molecule has 0 spiro atoms. The summed E-state index contributed by atoms with van der Waals surface area (Å²) < 4.78 is 30.0. The molecule has 0 radical (unpaired) electrons. The zero-order valence-corrected chi connectivity index (χ0v) is 13.4. The average Bonchev–Trinajstić information content (AvgIpc) is 2.56. The van der Waals surface area contributed by atoms with Gasteiger partial charge in [0, 0.05) is 19.2 Å². The fourth-order valence-corrected chi connectivity index (χ4v) is 4.59. The molecule has 6 heteroatoms. The summed E-state index contributed by atoms with van der Waals surface area (Å²) in [7, 11) is -0.280. The van der Waals surface area contributed by atoms with Crippen molar-refractivity contribution < 1.29 is 17.9 Å². The van der Waals surface area contributed by atoms with Gasteiger partial charge in [-0.1, -0.05) is 13.0 Å². The number of esters is 1. The van der Waals surface area contributed by atoms with Gasteiger partial charge in [-0.15, -0.1) is 0 Å². The minimum atomic E-state index is -3.40. The summed E-state index contributed by atoms with van der Waals surface area (Å²) in [5, 5.41) is 0. The van der Waals surface area contributed by atoms with E-state index in [0.717, 1.165) is 0 Å². The molecule has 0 saturated heterocycles. The van der Waals surface area contributed by atoms with E-state index < -0.39 is 20.1 Å². The van der Waals surface area contributed by atoms with Crippen LogP contribution in [0.4, 0.5) is 0 Å². The summed E-state index contributed by atoms with van der Waals surface area (Å²) in [6, 6.07) is 0. The van der Waals surface area contributed by atoms with E-state index in [-0.39, 0.29) is 5.97 Å². The van der Waals surface area contributed by atoms with Gasteiger partial charge in [0.05, 0.1) is 17.4 Å². The van der Waals surface area contributed by atoms with Crippen LogP contribution < -0.4 is 0 Å². The molecular weight excluding hydrogens is 278 g/mol. The van der Waals surface area contributed by atoms with Crippen LogP contribution in [-0.4, -0.2) is 38.3 Å². The summed E-state index contributed by atoms with van der Waals surface area (Å²) in [5.41, 5.74) is -0.0672. The molecule has 0 aromatic rings. The molecule has 5 nitrogen and oxygen atoms in total. The van der Waals surface area contributed by atoms with Crippen LogP contribution in [0.25, 0.3) is 0 Å². The van der Waals surface area contributed by atoms with Crippen LogP contribution in [-0.2, 0) is 19.4 Å². The third kappa shape index (κ3) is 1.67. The first kappa shape index (κ1) is 15.1. The van der Waals surface area contributed by atoms with Crippen molar-refractivity contribution in [2.24, 2.45) is 5.41 Å². The van der Waals surface area contributed by atoms with Crippen LogP contribution in [0.15, 0.2) is 22.8 Å². The van der Waals surface area contributed by atoms with E-state index >= 15 is 0 Å². The highest BCUT2D eigenvalue weighted by Gasteiger charge is 2.53. The maximum Gasteiger partial charge on any atom is 0.316 e. The van der Waals surface area contributed by atoms with E-state index in [0.29, 0.717) is 23.4 Å². The Morgan fingerprint density at radius 3 is 2.55 bits per heavy atom. The molecule has 20 heavy (non-hydrogen) atoms. The first-order chi connectivity index (χ1) is 9.14. The average molecular weight is 299 g/mol. The monoisotopic (exact) mass is 299 g/mol. The van der Waals surface area contributed by atoms with Crippen LogP contribution in [0, 0.1) is 5.41 Å². The van der Waals surface area contributed by atoms with Gasteiger partial charge in [-0.3, -0.25) is 4.79 Å². The van der Waals surface area contributed by atoms with Gasteiger partial charge < -0.3 is 9.64 Å². The molecule has 0 fully saturated rings. The lowest BCUT2D eigenvalue weighted by molar-refractivity contribution is -0.150. The molecule has 1 aliphatic heterocycles. The van der Waals surface area contributed by atoms with Crippen molar-refractivity contribution in [3.63, 3.8) is 0 Å². The third-order valence-electron chi connectivity index (χ3n) is 4.70. The van der Waals surface area contributed by atoms with Crippen molar-refractivity contribution in [3.05, 3.63) is 22.8 Å². The van der Waals surface area contributed by atoms with Crippen molar-refractivity contribution in [1.29, 1.82) is 0 Å². The highest BCUT2D eigenvalue weighted by molar-refractivity contribution is 7.97. The van der Waals surface area contributed by atoms with Crippen molar-refractivity contribution >= 4 is 15.8 Å². The largest absolute Gasteiger partial charge is 0.468 e.